The molecular weight excluding hydrogens is 231 g/mol. The van der Waals surface area contributed by atoms with Gasteiger partial charge in [-0.25, -0.2) is 0 Å². The predicted octanol–water partition coefficient (Wildman–Crippen LogP) is 2.82. The third kappa shape index (κ3) is 2.10. The molecule has 1 aliphatic rings. The Morgan fingerprint density at radius 2 is 2.07 bits per heavy atom. The van der Waals surface area contributed by atoms with Gasteiger partial charge in [-0.05, 0) is 17.7 Å². The summed E-state index contributed by atoms with van der Waals surface area (Å²) in [6.07, 6.45) is 0. The van der Waals surface area contributed by atoms with E-state index in [-0.39, 0.29) is 11.8 Å². The molecule has 4 heteroatoms. The Hall–Kier alpha value is -0.750. The van der Waals surface area contributed by atoms with Crippen molar-refractivity contribution < 1.29 is 0 Å². The first-order valence-electron chi connectivity index (χ1n) is 4.77. The van der Waals surface area contributed by atoms with Crippen LogP contribution in [0.15, 0.2) is 18.2 Å². The highest BCUT2D eigenvalue weighted by atomic mass is 35.5. The number of rotatable bonds is 1. The molecule has 1 heterocycles. The maximum absolute atomic E-state index is 8.97. The zero-order chi connectivity index (χ0) is 10.8. The van der Waals surface area contributed by atoms with Gasteiger partial charge in [-0.1, -0.05) is 29.3 Å². The van der Waals surface area contributed by atoms with Crippen LogP contribution in [0.25, 0.3) is 0 Å². The van der Waals surface area contributed by atoms with Gasteiger partial charge in [0, 0.05) is 19.0 Å². The van der Waals surface area contributed by atoms with Crippen molar-refractivity contribution >= 4 is 23.2 Å². The van der Waals surface area contributed by atoms with Gasteiger partial charge < -0.3 is 5.32 Å². The molecule has 2 unspecified atom stereocenters. The summed E-state index contributed by atoms with van der Waals surface area (Å²) in [4.78, 5) is 0. The summed E-state index contributed by atoms with van der Waals surface area (Å²) in [6.45, 7) is 1.58. The Labute approximate surface area is 98.8 Å². The summed E-state index contributed by atoms with van der Waals surface area (Å²) in [7, 11) is 0. The maximum Gasteiger partial charge on any atom is 0.0676 e. The van der Waals surface area contributed by atoms with Crippen LogP contribution in [0.2, 0.25) is 10.0 Å². The molecule has 15 heavy (non-hydrogen) atoms. The minimum atomic E-state index is 0.0299. The summed E-state index contributed by atoms with van der Waals surface area (Å²) < 4.78 is 0. The number of nitrogens with zero attached hydrogens (tertiary/aromatic N) is 1. The van der Waals surface area contributed by atoms with E-state index < -0.39 is 0 Å². The highest BCUT2D eigenvalue weighted by Gasteiger charge is 2.28. The normalized spacial score (nSPS) is 25.1. The lowest BCUT2D eigenvalue weighted by molar-refractivity contribution is 0.646. The molecule has 0 spiro atoms. The van der Waals surface area contributed by atoms with E-state index in [1.54, 1.807) is 6.07 Å². The summed E-state index contributed by atoms with van der Waals surface area (Å²) >= 11 is 11.8. The molecule has 1 fully saturated rings. The lowest BCUT2D eigenvalue weighted by Gasteiger charge is -2.13. The van der Waals surface area contributed by atoms with Gasteiger partial charge in [-0.2, -0.15) is 5.26 Å². The average molecular weight is 241 g/mol. The molecule has 0 aromatic heterocycles. The fourth-order valence-corrected chi connectivity index (χ4v) is 2.21. The van der Waals surface area contributed by atoms with Crippen LogP contribution in [0.3, 0.4) is 0 Å². The Kier molecular flexibility index (Phi) is 3.16. The maximum atomic E-state index is 8.97. The van der Waals surface area contributed by atoms with Gasteiger partial charge in [0.15, 0.2) is 0 Å². The summed E-state index contributed by atoms with van der Waals surface area (Å²) in [6, 6.07) is 7.89. The van der Waals surface area contributed by atoms with Crippen LogP contribution in [0, 0.1) is 17.2 Å². The Morgan fingerprint density at radius 1 is 1.27 bits per heavy atom. The zero-order valence-corrected chi connectivity index (χ0v) is 9.52. The molecule has 1 N–H and O–H groups in total. The molecule has 78 valence electrons. The van der Waals surface area contributed by atoms with E-state index in [9.17, 15) is 0 Å². The van der Waals surface area contributed by atoms with Crippen molar-refractivity contribution in [3.05, 3.63) is 33.8 Å². The van der Waals surface area contributed by atoms with E-state index >= 15 is 0 Å². The highest BCUT2D eigenvalue weighted by molar-refractivity contribution is 6.42. The van der Waals surface area contributed by atoms with Crippen molar-refractivity contribution in [3.8, 4) is 6.07 Å². The minimum Gasteiger partial charge on any atom is -0.315 e. The zero-order valence-electron chi connectivity index (χ0n) is 8.00. The molecular formula is C11H10Cl2N2. The molecule has 0 radical (unpaired) electrons. The van der Waals surface area contributed by atoms with Crippen LogP contribution in [0.4, 0.5) is 0 Å². The first-order chi connectivity index (χ1) is 7.22. The van der Waals surface area contributed by atoms with Crippen molar-refractivity contribution in [2.75, 3.05) is 13.1 Å². The molecule has 2 nitrogen and oxygen atoms in total. The van der Waals surface area contributed by atoms with Gasteiger partial charge in [0.25, 0.3) is 0 Å². The number of hydrogen-bond acceptors (Lipinski definition) is 2. The van der Waals surface area contributed by atoms with Gasteiger partial charge in [0.1, 0.15) is 0 Å². The van der Waals surface area contributed by atoms with E-state index in [4.69, 9.17) is 28.5 Å². The molecule has 1 aliphatic heterocycles. The van der Waals surface area contributed by atoms with Crippen molar-refractivity contribution in [2.45, 2.75) is 5.92 Å². The van der Waals surface area contributed by atoms with Crippen molar-refractivity contribution in [1.82, 2.24) is 5.32 Å². The predicted molar refractivity (Wildman–Crippen MR) is 61.2 cm³/mol. The fourth-order valence-electron chi connectivity index (χ4n) is 1.91. The van der Waals surface area contributed by atoms with Gasteiger partial charge in [-0.15, -0.1) is 0 Å². The molecule has 1 aromatic rings. The van der Waals surface area contributed by atoms with E-state index in [0.29, 0.717) is 10.0 Å². The van der Waals surface area contributed by atoms with Crippen molar-refractivity contribution in [2.24, 2.45) is 5.92 Å². The molecule has 0 amide bonds. The monoisotopic (exact) mass is 240 g/mol. The number of nitrogens with one attached hydrogen (secondary N) is 1. The van der Waals surface area contributed by atoms with Gasteiger partial charge in [0.2, 0.25) is 0 Å². The summed E-state index contributed by atoms with van der Waals surface area (Å²) in [5.74, 6) is 0.256. The topological polar surface area (TPSA) is 35.8 Å². The molecule has 2 atom stereocenters. The van der Waals surface area contributed by atoms with E-state index in [1.165, 1.54) is 0 Å². The van der Waals surface area contributed by atoms with Gasteiger partial charge in [-0.3, -0.25) is 0 Å². The van der Waals surface area contributed by atoms with Crippen LogP contribution in [0.1, 0.15) is 11.5 Å². The molecule has 0 aliphatic carbocycles. The quantitative estimate of drug-likeness (QED) is 0.820. The van der Waals surface area contributed by atoms with Crippen molar-refractivity contribution in [1.29, 1.82) is 5.26 Å². The van der Waals surface area contributed by atoms with Gasteiger partial charge in [0.05, 0.1) is 22.0 Å². The van der Waals surface area contributed by atoms with Crippen LogP contribution in [-0.4, -0.2) is 13.1 Å². The van der Waals surface area contributed by atoms with Crippen molar-refractivity contribution in [3.63, 3.8) is 0 Å². The SMILES string of the molecule is N#CC1CNCC1c1ccc(Cl)c(Cl)c1. The highest BCUT2D eigenvalue weighted by Crippen LogP contribution is 2.31. The summed E-state index contributed by atoms with van der Waals surface area (Å²) in [5, 5.41) is 13.3. The number of hydrogen-bond donors (Lipinski definition) is 1. The third-order valence-corrected chi connectivity index (χ3v) is 3.49. The number of halogens is 2. The first-order valence-corrected chi connectivity index (χ1v) is 5.53. The fraction of sp³-hybridized carbons (Fsp3) is 0.364. The van der Waals surface area contributed by atoms with Crippen LogP contribution in [-0.2, 0) is 0 Å². The lowest BCUT2D eigenvalue weighted by atomic mass is 9.90. The smallest absolute Gasteiger partial charge is 0.0676 e. The molecule has 1 aromatic carbocycles. The largest absolute Gasteiger partial charge is 0.315 e. The lowest BCUT2D eigenvalue weighted by Crippen LogP contribution is -2.08. The molecule has 2 rings (SSSR count). The molecule has 0 bridgehead atoms. The Bertz CT molecular complexity index is 412. The number of nitriles is 1. The Morgan fingerprint density at radius 3 is 2.73 bits per heavy atom. The van der Waals surface area contributed by atoms with E-state index in [2.05, 4.69) is 11.4 Å². The summed E-state index contributed by atoms with van der Waals surface area (Å²) in [5.41, 5.74) is 1.08. The standard InChI is InChI=1S/C11H10Cl2N2/c12-10-2-1-7(3-11(10)13)9-6-15-5-8(9)4-14/h1-3,8-9,15H,5-6H2. The average Bonchev–Trinajstić information content (AvgIpc) is 2.70. The van der Waals surface area contributed by atoms with Gasteiger partial charge >= 0.3 is 0 Å². The van der Waals surface area contributed by atoms with E-state index in [0.717, 1.165) is 18.7 Å². The number of benzene rings is 1. The second-order valence-electron chi connectivity index (χ2n) is 3.67. The van der Waals surface area contributed by atoms with E-state index in [1.807, 2.05) is 12.1 Å². The minimum absolute atomic E-state index is 0.0299. The van der Waals surface area contributed by atoms with Crippen LogP contribution in [0.5, 0.6) is 0 Å². The third-order valence-electron chi connectivity index (χ3n) is 2.75. The second-order valence-corrected chi connectivity index (χ2v) is 4.49. The Balaban J connectivity index is 2.30. The first kappa shape index (κ1) is 10.8. The molecule has 0 saturated carbocycles. The second kappa shape index (κ2) is 4.40. The van der Waals surface area contributed by atoms with Crippen LogP contribution >= 0.6 is 23.2 Å². The molecule has 1 saturated heterocycles. The van der Waals surface area contributed by atoms with Crippen LogP contribution < -0.4 is 5.32 Å².